The van der Waals surface area contributed by atoms with Crippen LogP contribution in [0.25, 0.3) is 67.2 Å². The van der Waals surface area contributed by atoms with Crippen molar-refractivity contribution in [2.75, 3.05) is 0 Å². The molecule has 0 amide bonds. The molecule has 1 heterocycles. The van der Waals surface area contributed by atoms with Gasteiger partial charge < -0.3 is 0 Å². The lowest BCUT2D eigenvalue weighted by Gasteiger charge is -2.46. The fourth-order valence-electron chi connectivity index (χ4n) is 9.56. The van der Waals surface area contributed by atoms with Crippen LogP contribution in [-0.4, -0.2) is 15.0 Å². The molecule has 0 saturated carbocycles. The van der Waals surface area contributed by atoms with Gasteiger partial charge in [0.25, 0.3) is 0 Å². The molecule has 0 unspecified atom stereocenters. The number of rotatable bonds is 4. The molecule has 0 aliphatic heterocycles. The fraction of sp³-hybridized carbons (Fsp3) is 0.0755. The minimum absolute atomic E-state index is 0.125. The highest BCUT2D eigenvalue weighted by Crippen LogP contribution is 2.62. The van der Waals surface area contributed by atoms with Crippen LogP contribution < -0.4 is 0 Å². The van der Waals surface area contributed by atoms with Gasteiger partial charge in [-0.3, -0.25) is 0 Å². The Labute approximate surface area is 327 Å². The van der Waals surface area contributed by atoms with E-state index in [-0.39, 0.29) is 5.41 Å². The van der Waals surface area contributed by atoms with E-state index in [9.17, 15) is 0 Å². The van der Waals surface area contributed by atoms with E-state index < -0.39 is 5.41 Å². The first-order valence-corrected chi connectivity index (χ1v) is 19.4. The third-order valence-electron chi connectivity index (χ3n) is 12.2. The second-order valence-corrected chi connectivity index (χ2v) is 15.6. The van der Waals surface area contributed by atoms with E-state index in [0.29, 0.717) is 17.5 Å². The molecule has 8 aromatic carbocycles. The highest BCUT2D eigenvalue weighted by molar-refractivity contribution is 5.91. The maximum atomic E-state index is 5.12. The van der Waals surface area contributed by atoms with Crippen molar-refractivity contribution in [1.29, 1.82) is 0 Å². The quantitative estimate of drug-likeness (QED) is 0.182. The van der Waals surface area contributed by atoms with Crippen molar-refractivity contribution >= 4 is 10.8 Å². The Kier molecular flexibility index (Phi) is 7.11. The Morgan fingerprint density at radius 2 is 0.786 bits per heavy atom. The number of aromatic nitrogens is 3. The molecule has 2 aliphatic carbocycles. The van der Waals surface area contributed by atoms with Gasteiger partial charge in [-0.25, -0.2) is 15.0 Å². The molecule has 264 valence electrons. The summed E-state index contributed by atoms with van der Waals surface area (Å²) in [4.78, 5) is 15.2. The molecule has 0 N–H and O–H groups in total. The highest BCUT2D eigenvalue weighted by Gasteiger charge is 2.53. The van der Waals surface area contributed by atoms with Crippen molar-refractivity contribution in [2.45, 2.75) is 24.7 Å². The Balaban J connectivity index is 1.07. The highest BCUT2D eigenvalue weighted by atomic mass is 15.0. The summed E-state index contributed by atoms with van der Waals surface area (Å²) in [6.07, 6.45) is 0. The zero-order valence-electron chi connectivity index (χ0n) is 31.2. The predicted octanol–water partition coefficient (Wildman–Crippen LogP) is 12.7. The predicted molar refractivity (Wildman–Crippen MR) is 229 cm³/mol. The van der Waals surface area contributed by atoms with Crippen LogP contribution in [0.3, 0.4) is 0 Å². The summed E-state index contributed by atoms with van der Waals surface area (Å²) in [6.45, 7) is 4.74. The van der Waals surface area contributed by atoms with Crippen LogP contribution >= 0.6 is 0 Å². The molecule has 1 spiro atoms. The standard InChI is InChI=1S/C53H37N3/c1-52(2)45-23-10-12-25-47(45)53(48-26-13-11-24-46(48)52)43-22-9-8-21-41(43)42-33-38(29-30-44(42)53)37-19-14-20-39(32-37)50-54-49(35-16-4-3-5-17-35)55-51(56-50)40-28-27-34-15-6-7-18-36(34)31-40/h3-33H,1-2H3. The first-order chi connectivity index (χ1) is 27.5. The molecule has 2 aliphatic rings. The number of benzene rings is 8. The molecule has 3 nitrogen and oxygen atoms in total. The number of hydrogen-bond acceptors (Lipinski definition) is 3. The molecule has 11 rings (SSSR count). The lowest BCUT2D eigenvalue weighted by molar-refractivity contribution is 0.563. The molecular weight excluding hydrogens is 679 g/mol. The third-order valence-corrected chi connectivity index (χ3v) is 12.2. The first kappa shape index (κ1) is 32.5. The van der Waals surface area contributed by atoms with Gasteiger partial charge in [0.15, 0.2) is 17.5 Å². The molecule has 3 heteroatoms. The summed E-state index contributed by atoms with van der Waals surface area (Å²) < 4.78 is 0. The lowest BCUT2D eigenvalue weighted by atomic mass is 9.55. The monoisotopic (exact) mass is 715 g/mol. The van der Waals surface area contributed by atoms with Gasteiger partial charge in [-0.1, -0.05) is 184 Å². The van der Waals surface area contributed by atoms with Crippen molar-refractivity contribution in [3.63, 3.8) is 0 Å². The van der Waals surface area contributed by atoms with Gasteiger partial charge >= 0.3 is 0 Å². The smallest absolute Gasteiger partial charge is 0.164 e. The maximum Gasteiger partial charge on any atom is 0.164 e. The molecular formula is C53H37N3. The van der Waals surface area contributed by atoms with Crippen LogP contribution in [0.2, 0.25) is 0 Å². The van der Waals surface area contributed by atoms with Gasteiger partial charge in [0, 0.05) is 22.1 Å². The van der Waals surface area contributed by atoms with E-state index in [0.717, 1.165) is 33.2 Å². The van der Waals surface area contributed by atoms with E-state index in [1.165, 1.54) is 49.9 Å². The van der Waals surface area contributed by atoms with Crippen molar-refractivity contribution in [3.8, 4) is 56.4 Å². The number of nitrogens with zero attached hydrogens (tertiary/aromatic N) is 3. The lowest BCUT2D eigenvalue weighted by Crippen LogP contribution is -2.40. The van der Waals surface area contributed by atoms with Gasteiger partial charge in [-0.2, -0.15) is 0 Å². The Morgan fingerprint density at radius 3 is 1.50 bits per heavy atom. The van der Waals surface area contributed by atoms with Gasteiger partial charge in [0.05, 0.1) is 5.41 Å². The van der Waals surface area contributed by atoms with Crippen molar-refractivity contribution < 1.29 is 0 Å². The van der Waals surface area contributed by atoms with Gasteiger partial charge in [-0.15, -0.1) is 0 Å². The average molecular weight is 716 g/mol. The summed E-state index contributed by atoms with van der Waals surface area (Å²) >= 11 is 0. The fourth-order valence-corrected chi connectivity index (χ4v) is 9.56. The molecule has 0 radical (unpaired) electrons. The Morgan fingerprint density at radius 1 is 0.304 bits per heavy atom. The van der Waals surface area contributed by atoms with E-state index in [2.05, 4.69) is 184 Å². The van der Waals surface area contributed by atoms with E-state index in [4.69, 9.17) is 15.0 Å². The van der Waals surface area contributed by atoms with Crippen LogP contribution in [0.5, 0.6) is 0 Å². The zero-order chi connectivity index (χ0) is 37.4. The minimum Gasteiger partial charge on any atom is -0.208 e. The average Bonchev–Trinajstić information content (AvgIpc) is 3.56. The molecule has 0 fully saturated rings. The van der Waals surface area contributed by atoms with E-state index >= 15 is 0 Å². The molecule has 0 atom stereocenters. The van der Waals surface area contributed by atoms with Gasteiger partial charge in [0.1, 0.15) is 0 Å². The number of hydrogen-bond donors (Lipinski definition) is 0. The summed E-state index contributed by atoms with van der Waals surface area (Å²) in [5.74, 6) is 1.95. The topological polar surface area (TPSA) is 38.7 Å². The normalized spacial score (nSPS) is 14.2. The molecule has 56 heavy (non-hydrogen) atoms. The summed E-state index contributed by atoms with van der Waals surface area (Å²) in [7, 11) is 0. The van der Waals surface area contributed by atoms with E-state index in [1.54, 1.807) is 0 Å². The van der Waals surface area contributed by atoms with Gasteiger partial charge in [-0.05, 0) is 84.6 Å². The molecule has 1 aromatic heterocycles. The third kappa shape index (κ3) is 4.74. The molecule has 0 saturated heterocycles. The second-order valence-electron chi connectivity index (χ2n) is 15.6. The number of fused-ring (bicyclic) bond motifs is 10. The molecule has 9 aromatic rings. The van der Waals surface area contributed by atoms with Crippen LogP contribution in [0, 0.1) is 0 Å². The first-order valence-electron chi connectivity index (χ1n) is 19.4. The van der Waals surface area contributed by atoms with Crippen molar-refractivity contribution in [1.82, 2.24) is 15.0 Å². The minimum atomic E-state index is -0.410. The van der Waals surface area contributed by atoms with Crippen LogP contribution in [0.4, 0.5) is 0 Å². The van der Waals surface area contributed by atoms with Crippen molar-refractivity contribution in [2.24, 2.45) is 0 Å². The maximum absolute atomic E-state index is 5.12. The SMILES string of the molecule is CC1(C)c2ccccc2C2(c3ccccc3-c3cc(-c4cccc(-c5nc(-c6ccccc6)nc(-c6ccc7ccccc7c6)n5)c4)ccc32)c2ccccc21. The largest absolute Gasteiger partial charge is 0.208 e. The van der Waals surface area contributed by atoms with Crippen LogP contribution in [-0.2, 0) is 10.8 Å². The van der Waals surface area contributed by atoms with Crippen molar-refractivity contribution in [3.05, 3.63) is 221 Å². The second kappa shape index (κ2) is 12.3. The summed E-state index contributed by atoms with van der Waals surface area (Å²) in [5.41, 5.74) is 15.3. The molecule has 0 bridgehead atoms. The van der Waals surface area contributed by atoms with Crippen LogP contribution in [0.1, 0.15) is 47.2 Å². The zero-order valence-corrected chi connectivity index (χ0v) is 31.2. The summed E-state index contributed by atoms with van der Waals surface area (Å²) in [6, 6.07) is 67.9. The Hall–Kier alpha value is -6.97. The van der Waals surface area contributed by atoms with E-state index in [1.807, 2.05) is 18.2 Å². The Bertz CT molecular complexity index is 2960. The van der Waals surface area contributed by atoms with Crippen LogP contribution in [0.15, 0.2) is 188 Å². The summed E-state index contributed by atoms with van der Waals surface area (Å²) in [5, 5.41) is 2.34. The van der Waals surface area contributed by atoms with Gasteiger partial charge in [0.2, 0.25) is 0 Å².